The summed E-state index contributed by atoms with van der Waals surface area (Å²) in [6.45, 7) is 11.1. The number of aryl methyl sites for hydroxylation is 2. The maximum atomic E-state index is 4.55. The van der Waals surface area contributed by atoms with Crippen LogP contribution in [-0.4, -0.2) is 22.9 Å². The first-order valence-electron chi connectivity index (χ1n) is 7.27. The van der Waals surface area contributed by atoms with Gasteiger partial charge in [-0.3, -0.25) is 4.68 Å². The fourth-order valence-electron chi connectivity index (χ4n) is 2.62. The summed E-state index contributed by atoms with van der Waals surface area (Å²) in [5, 5.41) is 8.05. The van der Waals surface area contributed by atoms with Crippen LogP contribution >= 0.6 is 0 Å². The highest BCUT2D eigenvalue weighted by molar-refractivity contribution is 5.12. The van der Waals surface area contributed by atoms with E-state index >= 15 is 0 Å². The van der Waals surface area contributed by atoms with Crippen LogP contribution in [0.4, 0.5) is 0 Å². The molecule has 0 saturated carbocycles. The average molecular weight is 251 g/mol. The summed E-state index contributed by atoms with van der Waals surface area (Å²) in [5.41, 5.74) is 2.90. The van der Waals surface area contributed by atoms with Gasteiger partial charge in [0.1, 0.15) is 0 Å². The molecule has 3 nitrogen and oxygen atoms in total. The van der Waals surface area contributed by atoms with E-state index in [4.69, 9.17) is 0 Å². The van der Waals surface area contributed by atoms with E-state index in [-0.39, 0.29) is 0 Å². The Morgan fingerprint density at radius 1 is 1.33 bits per heavy atom. The Kier molecular flexibility index (Phi) is 5.86. The van der Waals surface area contributed by atoms with Gasteiger partial charge in [0.25, 0.3) is 0 Å². The van der Waals surface area contributed by atoms with Crippen molar-refractivity contribution >= 4 is 0 Å². The number of hydrogen-bond acceptors (Lipinski definition) is 2. The van der Waals surface area contributed by atoms with Crippen LogP contribution in [0.25, 0.3) is 0 Å². The minimum Gasteiger partial charge on any atom is -0.316 e. The van der Waals surface area contributed by atoms with Crippen LogP contribution in [0.15, 0.2) is 6.07 Å². The first-order valence-corrected chi connectivity index (χ1v) is 7.27. The van der Waals surface area contributed by atoms with Gasteiger partial charge in [-0.05, 0) is 37.3 Å². The highest BCUT2D eigenvalue weighted by Crippen LogP contribution is 2.27. The Morgan fingerprint density at radius 3 is 2.56 bits per heavy atom. The first-order chi connectivity index (χ1) is 8.54. The molecular formula is C15H29N3. The maximum Gasteiger partial charge on any atom is 0.0624 e. The smallest absolute Gasteiger partial charge is 0.0624 e. The molecule has 0 amide bonds. The van der Waals surface area contributed by atoms with Crippen molar-refractivity contribution in [2.45, 2.75) is 53.4 Å². The molecule has 0 saturated heterocycles. The van der Waals surface area contributed by atoms with Gasteiger partial charge in [0.15, 0.2) is 0 Å². The van der Waals surface area contributed by atoms with Gasteiger partial charge in [-0.25, -0.2) is 0 Å². The van der Waals surface area contributed by atoms with Crippen molar-refractivity contribution in [3.63, 3.8) is 0 Å². The van der Waals surface area contributed by atoms with E-state index in [1.807, 2.05) is 0 Å². The number of nitrogens with zero attached hydrogens (tertiary/aromatic N) is 2. The zero-order valence-electron chi connectivity index (χ0n) is 12.7. The Hall–Kier alpha value is -0.830. The monoisotopic (exact) mass is 251 g/mol. The van der Waals surface area contributed by atoms with Crippen molar-refractivity contribution in [1.29, 1.82) is 0 Å². The summed E-state index contributed by atoms with van der Waals surface area (Å²) in [4.78, 5) is 0. The molecule has 18 heavy (non-hydrogen) atoms. The van der Waals surface area contributed by atoms with Gasteiger partial charge in [0.05, 0.1) is 5.69 Å². The fraction of sp³-hybridized carbons (Fsp3) is 0.800. The predicted molar refractivity (Wildman–Crippen MR) is 77.8 cm³/mol. The fourth-order valence-corrected chi connectivity index (χ4v) is 2.62. The zero-order valence-corrected chi connectivity index (χ0v) is 12.7. The van der Waals surface area contributed by atoms with Crippen LogP contribution in [-0.2, 0) is 19.9 Å². The van der Waals surface area contributed by atoms with Gasteiger partial charge in [0, 0.05) is 19.3 Å². The lowest BCUT2D eigenvalue weighted by atomic mass is 9.81. The number of hydrogen-bond donors (Lipinski definition) is 1. The van der Waals surface area contributed by atoms with Gasteiger partial charge in [-0.2, -0.15) is 5.10 Å². The molecule has 1 aromatic rings. The van der Waals surface area contributed by atoms with E-state index in [1.165, 1.54) is 24.2 Å². The Labute approximate surface area is 112 Å². The van der Waals surface area contributed by atoms with Crippen LogP contribution in [0.1, 0.15) is 51.9 Å². The largest absolute Gasteiger partial charge is 0.316 e. The normalized spacial score (nSPS) is 14.7. The minimum atomic E-state index is 0.337. The van der Waals surface area contributed by atoms with E-state index in [0.717, 1.165) is 25.9 Å². The van der Waals surface area contributed by atoms with Gasteiger partial charge >= 0.3 is 0 Å². The standard InChI is InChI=1S/C15H29N3/c1-6-9-15(4,12-16-8-3)11-14-10-13(7-2)17-18(14)5/h10,16H,6-9,11-12H2,1-5H3. The van der Waals surface area contributed by atoms with Crippen LogP contribution in [0, 0.1) is 5.41 Å². The van der Waals surface area contributed by atoms with E-state index < -0.39 is 0 Å². The molecule has 0 aromatic carbocycles. The molecule has 104 valence electrons. The van der Waals surface area contributed by atoms with Gasteiger partial charge in [0.2, 0.25) is 0 Å². The number of rotatable bonds is 8. The lowest BCUT2D eigenvalue weighted by Gasteiger charge is -2.29. The van der Waals surface area contributed by atoms with Gasteiger partial charge in [-0.1, -0.05) is 34.1 Å². The molecular weight excluding hydrogens is 222 g/mol. The van der Waals surface area contributed by atoms with Crippen molar-refractivity contribution in [2.24, 2.45) is 12.5 Å². The molecule has 0 fully saturated rings. The molecule has 0 bridgehead atoms. The lowest BCUT2D eigenvalue weighted by molar-refractivity contribution is 0.271. The van der Waals surface area contributed by atoms with Crippen molar-refractivity contribution in [2.75, 3.05) is 13.1 Å². The third kappa shape index (κ3) is 4.13. The lowest BCUT2D eigenvalue weighted by Crippen LogP contribution is -2.34. The molecule has 1 aromatic heterocycles. The average Bonchev–Trinajstić information content (AvgIpc) is 2.68. The van der Waals surface area contributed by atoms with Crippen LogP contribution in [0.2, 0.25) is 0 Å². The second kappa shape index (κ2) is 6.93. The minimum absolute atomic E-state index is 0.337. The molecule has 0 spiro atoms. The van der Waals surface area contributed by atoms with Gasteiger partial charge < -0.3 is 5.32 Å². The summed E-state index contributed by atoms with van der Waals surface area (Å²) in [6, 6.07) is 2.26. The molecule has 0 aliphatic carbocycles. The van der Waals surface area contributed by atoms with E-state index in [0.29, 0.717) is 5.41 Å². The van der Waals surface area contributed by atoms with Crippen LogP contribution in [0.5, 0.6) is 0 Å². The second-order valence-electron chi connectivity index (χ2n) is 5.62. The summed E-state index contributed by atoms with van der Waals surface area (Å²) < 4.78 is 2.05. The Balaban J connectivity index is 2.77. The molecule has 0 aliphatic rings. The molecule has 0 aliphatic heterocycles. The van der Waals surface area contributed by atoms with Crippen LogP contribution in [0.3, 0.4) is 0 Å². The molecule has 1 heterocycles. The predicted octanol–water partition coefficient (Wildman–Crippen LogP) is 2.94. The summed E-state index contributed by atoms with van der Waals surface area (Å²) in [5.74, 6) is 0. The molecule has 3 heteroatoms. The molecule has 1 atom stereocenters. The third-order valence-electron chi connectivity index (χ3n) is 3.65. The highest BCUT2D eigenvalue weighted by Gasteiger charge is 2.25. The van der Waals surface area contributed by atoms with Crippen molar-refractivity contribution in [1.82, 2.24) is 15.1 Å². The molecule has 1 rings (SSSR count). The van der Waals surface area contributed by atoms with Gasteiger partial charge in [-0.15, -0.1) is 0 Å². The SMILES string of the molecule is CCCC(C)(CNCC)Cc1cc(CC)nn1C. The van der Waals surface area contributed by atoms with Crippen LogP contribution < -0.4 is 5.32 Å². The topological polar surface area (TPSA) is 29.9 Å². The summed E-state index contributed by atoms with van der Waals surface area (Å²) in [7, 11) is 2.06. The molecule has 1 unspecified atom stereocenters. The maximum absolute atomic E-state index is 4.55. The highest BCUT2D eigenvalue weighted by atomic mass is 15.3. The van der Waals surface area contributed by atoms with E-state index in [9.17, 15) is 0 Å². The number of nitrogens with one attached hydrogen (secondary N) is 1. The second-order valence-corrected chi connectivity index (χ2v) is 5.62. The zero-order chi connectivity index (χ0) is 13.6. The van der Waals surface area contributed by atoms with E-state index in [2.05, 4.69) is 55.9 Å². The Morgan fingerprint density at radius 2 is 2.06 bits per heavy atom. The van der Waals surface area contributed by atoms with Crippen molar-refractivity contribution < 1.29 is 0 Å². The van der Waals surface area contributed by atoms with Crippen molar-refractivity contribution in [3.05, 3.63) is 17.5 Å². The van der Waals surface area contributed by atoms with E-state index in [1.54, 1.807) is 0 Å². The molecule has 0 radical (unpaired) electrons. The molecule has 1 N–H and O–H groups in total. The Bertz CT molecular complexity index is 357. The first kappa shape index (κ1) is 15.2. The number of aromatic nitrogens is 2. The summed E-state index contributed by atoms with van der Waals surface area (Å²) in [6.07, 6.45) is 4.62. The van der Waals surface area contributed by atoms with Crippen molar-refractivity contribution in [3.8, 4) is 0 Å². The third-order valence-corrected chi connectivity index (χ3v) is 3.65. The quantitative estimate of drug-likeness (QED) is 0.770. The summed E-state index contributed by atoms with van der Waals surface area (Å²) >= 11 is 0.